The number of carbonyl (C=O) groups is 2. The number of hydrogen-bond acceptors (Lipinski definition) is 4. The average Bonchev–Trinajstić information content (AvgIpc) is 2.35. The molecule has 0 spiro atoms. The van der Waals surface area contributed by atoms with Crippen LogP contribution in [0, 0.1) is 0 Å². The third kappa shape index (κ3) is 3.43. The van der Waals surface area contributed by atoms with E-state index in [9.17, 15) is 18.0 Å². The van der Waals surface area contributed by atoms with Gasteiger partial charge < -0.3 is 10.2 Å². The summed E-state index contributed by atoms with van der Waals surface area (Å²) in [5.74, 6) is -2.63. The fraction of sp³-hybridized carbons (Fsp3) is 0. The first-order valence-corrected chi connectivity index (χ1v) is 6.66. The van der Waals surface area contributed by atoms with E-state index in [0.29, 0.717) is 0 Å². The summed E-state index contributed by atoms with van der Waals surface area (Å²) in [6.07, 6.45) is 0. The second kappa shape index (κ2) is 5.87. The molecule has 0 aliphatic heterocycles. The number of aromatic carboxylic acids is 2. The summed E-state index contributed by atoms with van der Waals surface area (Å²) >= 11 is 0. The van der Waals surface area contributed by atoms with Crippen molar-refractivity contribution in [3.05, 3.63) is 41.5 Å². The van der Waals surface area contributed by atoms with Gasteiger partial charge in [0.2, 0.25) is 0 Å². The maximum absolute atomic E-state index is 11.3. The molecule has 21 heavy (non-hydrogen) atoms. The number of carboxylic acids is 2. The molecular weight excluding hydrogens is 295 g/mol. The second-order valence-corrected chi connectivity index (χ2v) is 5.39. The molecule has 2 aromatic carbocycles. The van der Waals surface area contributed by atoms with Gasteiger partial charge in [0.15, 0.2) is 0 Å². The first kappa shape index (κ1) is 17.2. The minimum absolute atomic E-state index is 0. The molecular formula is C12H9LiO7S. The molecule has 0 aromatic heterocycles. The third-order valence-corrected chi connectivity index (χ3v) is 3.58. The molecule has 0 fully saturated rings. The van der Waals surface area contributed by atoms with Crippen LogP contribution in [0.4, 0.5) is 0 Å². The summed E-state index contributed by atoms with van der Waals surface area (Å²) < 4.78 is 31.8. The van der Waals surface area contributed by atoms with Crippen molar-refractivity contribution in [3.63, 3.8) is 0 Å². The molecule has 0 heterocycles. The molecule has 0 saturated heterocycles. The first-order chi connectivity index (χ1) is 9.20. The molecule has 0 atom stereocenters. The molecule has 2 rings (SSSR count). The molecule has 7 nitrogen and oxygen atoms in total. The Hall–Kier alpha value is -1.85. The number of benzene rings is 2. The van der Waals surface area contributed by atoms with Gasteiger partial charge in [0.25, 0.3) is 10.1 Å². The predicted molar refractivity (Wildman–Crippen MR) is 74.8 cm³/mol. The van der Waals surface area contributed by atoms with E-state index in [2.05, 4.69) is 0 Å². The van der Waals surface area contributed by atoms with Gasteiger partial charge >= 0.3 is 30.8 Å². The van der Waals surface area contributed by atoms with Crippen molar-refractivity contribution in [1.29, 1.82) is 0 Å². The Labute approximate surface area is 131 Å². The molecule has 2 aromatic rings. The van der Waals surface area contributed by atoms with E-state index >= 15 is 0 Å². The Bertz CT molecular complexity index is 842. The van der Waals surface area contributed by atoms with Gasteiger partial charge in [-0.1, -0.05) is 6.07 Å². The van der Waals surface area contributed by atoms with Gasteiger partial charge in [-0.05, 0) is 29.7 Å². The van der Waals surface area contributed by atoms with Gasteiger partial charge in [-0.3, -0.25) is 4.55 Å². The summed E-state index contributed by atoms with van der Waals surface area (Å²) in [7, 11) is -4.68. The predicted octanol–water partition coefficient (Wildman–Crippen LogP) is 0.834. The summed E-state index contributed by atoms with van der Waals surface area (Å²) in [6.45, 7) is 0. The Morgan fingerprint density at radius 3 is 1.95 bits per heavy atom. The van der Waals surface area contributed by atoms with Gasteiger partial charge in [-0.25, -0.2) is 9.59 Å². The molecule has 9 heteroatoms. The van der Waals surface area contributed by atoms with Crippen LogP contribution in [-0.2, 0) is 10.1 Å². The molecule has 3 N–H and O–H groups in total. The van der Waals surface area contributed by atoms with Crippen LogP contribution in [0.15, 0.2) is 35.2 Å². The zero-order valence-corrected chi connectivity index (χ0v) is 10.6. The maximum atomic E-state index is 11.3. The molecule has 0 aliphatic rings. The molecule has 0 radical (unpaired) electrons. The van der Waals surface area contributed by atoms with Crippen LogP contribution in [-0.4, -0.2) is 54.0 Å². The topological polar surface area (TPSA) is 129 Å². The Balaban J connectivity index is 0.00000220. The van der Waals surface area contributed by atoms with Crippen LogP contribution in [0.25, 0.3) is 10.8 Å². The van der Waals surface area contributed by atoms with Crippen LogP contribution >= 0.6 is 0 Å². The van der Waals surface area contributed by atoms with Crippen LogP contribution in [0.5, 0.6) is 0 Å². The van der Waals surface area contributed by atoms with Gasteiger partial charge in [0, 0.05) is 5.39 Å². The Kier molecular flexibility index (Phi) is 4.81. The van der Waals surface area contributed by atoms with Crippen molar-refractivity contribution < 1.29 is 32.8 Å². The number of hydrogen-bond donors (Lipinski definition) is 3. The molecule has 0 bridgehead atoms. The van der Waals surface area contributed by atoms with Gasteiger partial charge in [-0.2, -0.15) is 8.42 Å². The van der Waals surface area contributed by atoms with Crippen molar-refractivity contribution >= 4 is 51.7 Å². The second-order valence-electron chi connectivity index (χ2n) is 4.00. The van der Waals surface area contributed by atoms with Crippen LogP contribution < -0.4 is 0 Å². The molecule has 0 aliphatic carbocycles. The van der Waals surface area contributed by atoms with E-state index in [1.54, 1.807) is 0 Å². The van der Waals surface area contributed by atoms with Crippen molar-refractivity contribution in [2.45, 2.75) is 4.90 Å². The van der Waals surface area contributed by atoms with Crippen molar-refractivity contribution in [2.75, 3.05) is 0 Å². The van der Waals surface area contributed by atoms with E-state index in [4.69, 9.17) is 14.8 Å². The fourth-order valence-electron chi connectivity index (χ4n) is 1.79. The molecule has 0 unspecified atom stereocenters. The van der Waals surface area contributed by atoms with E-state index in [1.807, 2.05) is 0 Å². The molecule has 0 amide bonds. The SMILES string of the molecule is O=C(O)c1cc(S(=O)(=O)O)c2cc(C(=O)O)ccc2c1.[LiH]. The van der Waals surface area contributed by atoms with Crippen LogP contribution in [0.2, 0.25) is 0 Å². The number of fused-ring (bicyclic) bond motifs is 1. The summed E-state index contributed by atoms with van der Waals surface area (Å²) in [4.78, 5) is 21.2. The van der Waals surface area contributed by atoms with Crippen molar-refractivity contribution in [3.8, 4) is 0 Å². The Morgan fingerprint density at radius 1 is 0.905 bits per heavy atom. The van der Waals surface area contributed by atoms with Gasteiger partial charge in [0.1, 0.15) is 4.90 Å². The standard InChI is InChI=1S/C12H8O7S.Li.H/c13-11(14)7-2-1-6-3-8(12(15)16)5-10(9(6)4-7)20(17,18)19;;/h1-5H,(H,13,14)(H,15,16)(H,17,18,19);;. The molecule has 106 valence electrons. The van der Waals surface area contributed by atoms with Gasteiger partial charge in [0.05, 0.1) is 11.1 Å². The zero-order valence-electron chi connectivity index (χ0n) is 9.77. The molecule has 0 saturated carbocycles. The van der Waals surface area contributed by atoms with E-state index in [0.717, 1.165) is 12.1 Å². The fourth-order valence-corrected chi connectivity index (χ4v) is 2.52. The quantitative estimate of drug-likeness (QED) is 0.565. The monoisotopic (exact) mass is 304 g/mol. The normalized spacial score (nSPS) is 10.9. The van der Waals surface area contributed by atoms with Crippen molar-refractivity contribution in [2.24, 2.45) is 0 Å². The average molecular weight is 304 g/mol. The van der Waals surface area contributed by atoms with E-state index in [-0.39, 0.29) is 40.8 Å². The van der Waals surface area contributed by atoms with Crippen LogP contribution in [0.3, 0.4) is 0 Å². The Morgan fingerprint density at radius 2 is 1.48 bits per heavy atom. The first-order valence-electron chi connectivity index (χ1n) is 5.22. The summed E-state index contributed by atoms with van der Waals surface area (Å²) in [6, 6.07) is 5.53. The third-order valence-electron chi connectivity index (χ3n) is 2.69. The van der Waals surface area contributed by atoms with E-state index < -0.39 is 27.0 Å². The van der Waals surface area contributed by atoms with Crippen molar-refractivity contribution in [1.82, 2.24) is 0 Å². The summed E-state index contributed by atoms with van der Waals surface area (Å²) in [5, 5.41) is 17.9. The summed E-state index contributed by atoms with van der Waals surface area (Å²) in [5.41, 5.74) is -0.501. The number of carboxylic acid groups (broad SMARTS) is 2. The van der Waals surface area contributed by atoms with Gasteiger partial charge in [-0.15, -0.1) is 0 Å². The number of rotatable bonds is 3. The zero-order chi connectivity index (χ0) is 15.1. The van der Waals surface area contributed by atoms with E-state index in [1.165, 1.54) is 18.2 Å². The minimum atomic E-state index is -4.68. The van der Waals surface area contributed by atoms with Crippen LogP contribution in [0.1, 0.15) is 20.7 Å².